The number of carbonyl (C=O) groups excluding carboxylic acids is 1. The molecule has 0 radical (unpaired) electrons. The SMILES string of the molecule is CC1CC(NC(=O)C2CCCC2)CCN1.Cl. The normalized spacial score (nSPS) is 30.8. The van der Waals surface area contributed by atoms with Gasteiger partial charge in [-0.05, 0) is 39.2 Å². The van der Waals surface area contributed by atoms with E-state index in [1.54, 1.807) is 0 Å². The van der Waals surface area contributed by atoms with Crippen LogP contribution in [0.1, 0.15) is 45.4 Å². The lowest BCUT2D eigenvalue weighted by atomic mass is 9.99. The molecule has 1 aliphatic carbocycles. The first-order chi connectivity index (χ1) is 7.25. The second kappa shape index (κ2) is 6.45. The van der Waals surface area contributed by atoms with Crippen LogP contribution in [0.2, 0.25) is 0 Å². The van der Waals surface area contributed by atoms with Crippen molar-refractivity contribution in [2.24, 2.45) is 5.92 Å². The van der Waals surface area contributed by atoms with Crippen molar-refractivity contribution >= 4 is 18.3 Å². The lowest BCUT2D eigenvalue weighted by Gasteiger charge is -2.29. The third-order valence-electron chi connectivity index (χ3n) is 3.70. The van der Waals surface area contributed by atoms with Gasteiger partial charge in [0, 0.05) is 18.0 Å². The van der Waals surface area contributed by atoms with Gasteiger partial charge in [-0.25, -0.2) is 0 Å². The first kappa shape index (κ1) is 13.8. The van der Waals surface area contributed by atoms with E-state index in [4.69, 9.17) is 0 Å². The first-order valence-corrected chi connectivity index (χ1v) is 6.29. The highest BCUT2D eigenvalue weighted by molar-refractivity contribution is 5.85. The zero-order valence-electron chi connectivity index (χ0n) is 10.00. The molecule has 94 valence electrons. The maximum atomic E-state index is 11.9. The molecule has 0 aromatic rings. The fourth-order valence-electron chi connectivity index (χ4n) is 2.77. The minimum absolute atomic E-state index is 0. The van der Waals surface area contributed by atoms with Crippen LogP contribution in [0.3, 0.4) is 0 Å². The van der Waals surface area contributed by atoms with E-state index >= 15 is 0 Å². The van der Waals surface area contributed by atoms with Crippen LogP contribution in [0.4, 0.5) is 0 Å². The molecule has 1 amide bonds. The maximum Gasteiger partial charge on any atom is 0.223 e. The molecule has 1 saturated heterocycles. The second-order valence-electron chi connectivity index (χ2n) is 5.07. The van der Waals surface area contributed by atoms with Crippen molar-refractivity contribution in [3.05, 3.63) is 0 Å². The molecule has 2 atom stereocenters. The van der Waals surface area contributed by atoms with E-state index in [2.05, 4.69) is 17.6 Å². The first-order valence-electron chi connectivity index (χ1n) is 6.29. The van der Waals surface area contributed by atoms with E-state index < -0.39 is 0 Å². The molecule has 0 aromatic heterocycles. The van der Waals surface area contributed by atoms with E-state index in [1.807, 2.05) is 0 Å². The van der Waals surface area contributed by atoms with Crippen LogP contribution in [-0.2, 0) is 4.79 Å². The molecule has 2 N–H and O–H groups in total. The number of carbonyl (C=O) groups is 1. The highest BCUT2D eigenvalue weighted by atomic mass is 35.5. The molecule has 1 saturated carbocycles. The van der Waals surface area contributed by atoms with Gasteiger partial charge in [0.15, 0.2) is 0 Å². The van der Waals surface area contributed by atoms with Crippen molar-refractivity contribution in [2.75, 3.05) is 6.54 Å². The Morgan fingerprint density at radius 1 is 1.25 bits per heavy atom. The highest BCUT2D eigenvalue weighted by Crippen LogP contribution is 2.25. The Labute approximate surface area is 104 Å². The molecular formula is C12H23ClN2O. The lowest BCUT2D eigenvalue weighted by molar-refractivity contribution is -0.125. The Morgan fingerprint density at radius 2 is 1.94 bits per heavy atom. The number of amides is 1. The summed E-state index contributed by atoms with van der Waals surface area (Å²) in [5.41, 5.74) is 0. The fraction of sp³-hybridized carbons (Fsp3) is 0.917. The Hall–Kier alpha value is -0.280. The van der Waals surface area contributed by atoms with Crippen LogP contribution in [0.5, 0.6) is 0 Å². The number of halogens is 1. The summed E-state index contributed by atoms with van der Waals surface area (Å²) >= 11 is 0. The largest absolute Gasteiger partial charge is 0.353 e. The van der Waals surface area contributed by atoms with E-state index in [0.717, 1.165) is 32.2 Å². The smallest absolute Gasteiger partial charge is 0.223 e. The summed E-state index contributed by atoms with van der Waals surface area (Å²) < 4.78 is 0. The number of piperidine rings is 1. The molecule has 0 bridgehead atoms. The van der Waals surface area contributed by atoms with E-state index in [9.17, 15) is 4.79 Å². The monoisotopic (exact) mass is 246 g/mol. The van der Waals surface area contributed by atoms with Crippen molar-refractivity contribution in [3.8, 4) is 0 Å². The average molecular weight is 247 g/mol. The molecule has 0 aromatic carbocycles. The number of rotatable bonds is 2. The number of hydrogen-bond acceptors (Lipinski definition) is 2. The topological polar surface area (TPSA) is 41.1 Å². The van der Waals surface area contributed by atoms with Gasteiger partial charge >= 0.3 is 0 Å². The minimum atomic E-state index is 0. The molecule has 2 aliphatic rings. The molecule has 16 heavy (non-hydrogen) atoms. The van der Waals surface area contributed by atoms with Gasteiger partial charge in [-0.1, -0.05) is 12.8 Å². The van der Waals surface area contributed by atoms with Crippen LogP contribution in [0.25, 0.3) is 0 Å². The minimum Gasteiger partial charge on any atom is -0.353 e. The van der Waals surface area contributed by atoms with Crippen LogP contribution >= 0.6 is 12.4 Å². The van der Waals surface area contributed by atoms with E-state index in [-0.39, 0.29) is 12.4 Å². The molecule has 2 fully saturated rings. The predicted molar refractivity (Wildman–Crippen MR) is 67.8 cm³/mol. The molecule has 4 heteroatoms. The van der Waals surface area contributed by atoms with Gasteiger partial charge in [0.05, 0.1) is 0 Å². The van der Waals surface area contributed by atoms with Gasteiger partial charge in [-0.15, -0.1) is 12.4 Å². The molecule has 3 nitrogen and oxygen atoms in total. The molecule has 2 unspecified atom stereocenters. The van der Waals surface area contributed by atoms with Crippen molar-refractivity contribution in [3.63, 3.8) is 0 Å². The van der Waals surface area contributed by atoms with Crippen LogP contribution < -0.4 is 10.6 Å². The van der Waals surface area contributed by atoms with Crippen molar-refractivity contribution in [2.45, 2.75) is 57.5 Å². The van der Waals surface area contributed by atoms with Gasteiger partial charge in [0.2, 0.25) is 5.91 Å². The van der Waals surface area contributed by atoms with Gasteiger partial charge in [0.25, 0.3) is 0 Å². The van der Waals surface area contributed by atoms with Crippen LogP contribution in [0.15, 0.2) is 0 Å². The number of nitrogens with one attached hydrogen (secondary N) is 2. The molecule has 0 spiro atoms. The summed E-state index contributed by atoms with van der Waals surface area (Å²) in [6, 6.07) is 0.960. The third-order valence-corrected chi connectivity index (χ3v) is 3.70. The summed E-state index contributed by atoms with van der Waals surface area (Å²) in [5, 5.41) is 6.62. The van der Waals surface area contributed by atoms with Crippen molar-refractivity contribution in [1.82, 2.24) is 10.6 Å². The zero-order valence-corrected chi connectivity index (χ0v) is 10.8. The Morgan fingerprint density at radius 3 is 2.56 bits per heavy atom. The second-order valence-corrected chi connectivity index (χ2v) is 5.07. The number of hydrogen-bond donors (Lipinski definition) is 2. The van der Waals surface area contributed by atoms with Gasteiger partial charge < -0.3 is 10.6 Å². The fourth-order valence-corrected chi connectivity index (χ4v) is 2.77. The molecular weight excluding hydrogens is 224 g/mol. The Bertz CT molecular complexity index is 229. The summed E-state index contributed by atoms with van der Waals surface area (Å²) in [7, 11) is 0. The molecule has 1 heterocycles. The summed E-state index contributed by atoms with van der Waals surface area (Å²) in [6.45, 7) is 3.23. The van der Waals surface area contributed by atoms with Crippen LogP contribution in [-0.4, -0.2) is 24.5 Å². The summed E-state index contributed by atoms with van der Waals surface area (Å²) in [5.74, 6) is 0.627. The van der Waals surface area contributed by atoms with Crippen LogP contribution in [0, 0.1) is 5.92 Å². The summed E-state index contributed by atoms with van der Waals surface area (Å²) in [4.78, 5) is 11.9. The average Bonchev–Trinajstić information content (AvgIpc) is 2.70. The lowest BCUT2D eigenvalue weighted by Crippen LogP contribution is -2.47. The highest BCUT2D eigenvalue weighted by Gasteiger charge is 2.26. The quantitative estimate of drug-likeness (QED) is 0.781. The van der Waals surface area contributed by atoms with Gasteiger partial charge in [-0.3, -0.25) is 4.79 Å². The zero-order chi connectivity index (χ0) is 10.7. The summed E-state index contributed by atoms with van der Waals surface area (Å²) in [6.07, 6.45) is 6.85. The van der Waals surface area contributed by atoms with Crippen molar-refractivity contribution in [1.29, 1.82) is 0 Å². The Kier molecular flexibility index (Phi) is 5.56. The van der Waals surface area contributed by atoms with Gasteiger partial charge in [0.1, 0.15) is 0 Å². The molecule has 1 aliphatic heterocycles. The standard InChI is InChI=1S/C12H22N2O.ClH/c1-9-8-11(6-7-13-9)14-12(15)10-4-2-3-5-10;/h9-11,13H,2-8H2,1H3,(H,14,15);1H. The van der Waals surface area contributed by atoms with Crippen molar-refractivity contribution < 1.29 is 4.79 Å². The Balaban J connectivity index is 0.00000128. The van der Waals surface area contributed by atoms with E-state index in [1.165, 1.54) is 12.8 Å². The predicted octanol–water partition coefficient (Wildman–Crippen LogP) is 1.86. The van der Waals surface area contributed by atoms with E-state index in [0.29, 0.717) is 23.9 Å². The third kappa shape index (κ3) is 3.63. The van der Waals surface area contributed by atoms with Gasteiger partial charge in [-0.2, -0.15) is 0 Å². The maximum absolute atomic E-state index is 11.9. The molecule has 2 rings (SSSR count).